The van der Waals surface area contributed by atoms with Crippen LogP contribution in [0.2, 0.25) is 0 Å². The van der Waals surface area contributed by atoms with Crippen LogP contribution in [0.25, 0.3) is 0 Å². The maximum absolute atomic E-state index is 11.3. The third kappa shape index (κ3) is 2.14. The minimum Gasteiger partial charge on any atom is -0.312 e. The van der Waals surface area contributed by atoms with Gasteiger partial charge in [0, 0.05) is 12.3 Å². The van der Waals surface area contributed by atoms with Gasteiger partial charge in [0.05, 0.1) is 6.21 Å². The van der Waals surface area contributed by atoms with Gasteiger partial charge in [-0.05, 0) is 5.56 Å². The molecule has 0 spiro atoms. The van der Waals surface area contributed by atoms with Gasteiger partial charge in [-0.3, -0.25) is 4.79 Å². The van der Waals surface area contributed by atoms with Gasteiger partial charge in [0.15, 0.2) is 0 Å². The predicted molar refractivity (Wildman–Crippen MR) is 60.8 cm³/mol. The standard InChI is InChI=1S/C11H9N3O2/c15-10-6-7-12-11(16)14(10)13-8-9-4-2-1-3-5-9/h1-8H,(H,12,16). The van der Waals surface area contributed by atoms with Crippen LogP contribution in [0.4, 0.5) is 0 Å². The Hall–Kier alpha value is -2.43. The third-order valence-corrected chi connectivity index (χ3v) is 1.96. The second-order valence-corrected chi connectivity index (χ2v) is 3.09. The fourth-order valence-electron chi connectivity index (χ4n) is 1.19. The summed E-state index contributed by atoms with van der Waals surface area (Å²) in [5, 5.41) is 3.81. The van der Waals surface area contributed by atoms with Crippen LogP contribution in [0.15, 0.2) is 57.3 Å². The summed E-state index contributed by atoms with van der Waals surface area (Å²) < 4.78 is 0.771. The van der Waals surface area contributed by atoms with Crippen molar-refractivity contribution < 1.29 is 0 Å². The van der Waals surface area contributed by atoms with Gasteiger partial charge in [0.2, 0.25) is 0 Å². The number of nitrogens with zero attached hydrogens (tertiary/aromatic N) is 2. The van der Waals surface area contributed by atoms with Crippen LogP contribution in [-0.4, -0.2) is 15.9 Å². The summed E-state index contributed by atoms with van der Waals surface area (Å²) in [5.41, 5.74) is -0.201. The van der Waals surface area contributed by atoms with Crippen molar-refractivity contribution in [3.8, 4) is 0 Å². The first-order valence-electron chi connectivity index (χ1n) is 4.67. The Morgan fingerprint density at radius 1 is 1.12 bits per heavy atom. The molecule has 0 bridgehead atoms. The summed E-state index contributed by atoms with van der Waals surface area (Å²) in [6, 6.07) is 10.5. The van der Waals surface area contributed by atoms with Crippen molar-refractivity contribution in [2.75, 3.05) is 0 Å². The molecule has 0 amide bonds. The molecule has 80 valence electrons. The summed E-state index contributed by atoms with van der Waals surface area (Å²) in [6.07, 6.45) is 2.75. The third-order valence-electron chi connectivity index (χ3n) is 1.96. The summed E-state index contributed by atoms with van der Waals surface area (Å²) >= 11 is 0. The number of rotatable bonds is 2. The predicted octanol–water partition coefficient (Wildman–Crippen LogP) is 0.419. The number of hydrogen-bond donors (Lipinski definition) is 1. The van der Waals surface area contributed by atoms with Crippen LogP contribution < -0.4 is 11.2 Å². The number of benzene rings is 1. The number of hydrogen-bond acceptors (Lipinski definition) is 3. The van der Waals surface area contributed by atoms with Gasteiger partial charge in [-0.1, -0.05) is 30.3 Å². The van der Waals surface area contributed by atoms with Crippen LogP contribution in [0, 0.1) is 0 Å². The van der Waals surface area contributed by atoms with E-state index in [0.29, 0.717) is 0 Å². The molecule has 5 heteroatoms. The topological polar surface area (TPSA) is 67.2 Å². The van der Waals surface area contributed by atoms with Crippen molar-refractivity contribution in [3.63, 3.8) is 0 Å². The molecule has 0 saturated heterocycles. The summed E-state index contributed by atoms with van der Waals surface area (Å²) in [7, 11) is 0. The Labute approximate surface area is 90.7 Å². The van der Waals surface area contributed by atoms with Crippen LogP contribution >= 0.6 is 0 Å². The molecule has 0 fully saturated rings. The maximum atomic E-state index is 11.3. The van der Waals surface area contributed by atoms with Crippen molar-refractivity contribution in [2.45, 2.75) is 0 Å². The Balaban J connectivity index is 2.39. The molecule has 2 rings (SSSR count). The number of aromatic nitrogens is 2. The molecule has 0 atom stereocenters. The molecular weight excluding hydrogens is 206 g/mol. The van der Waals surface area contributed by atoms with E-state index in [1.54, 1.807) is 0 Å². The van der Waals surface area contributed by atoms with E-state index < -0.39 is 11.2 Å². The Bertz CT molecular complexity index is 583. The van der Waals surface area contributed by atoms with E-state index in [1.165, 1.54) is 18.5 Å². The molecule has 0 saturated carbocycles. The zero-order valence-corrected chi connectivity index (χ0v) is 8.33. The zero-order valence-electron chi connectivity index (χ0n) is 8.33. The van der Waals surface area contributed by atoms with Crippen LogP contribution in [-0.2, 0) is 0 Å². The van der Waals surface area contributed by atoms with Crippen molar-refractivity contribution in [2.24, 2.45) is 5.10 Å². The highest BCUT2D eigenvalue weighted by Gasteiger charge is 1.95. The van der Waals surface area contributed by atoms with E-state index in [9.17, 15) is 9.59 Å². The largest absolute Gasteiger partial charge is 0.349 e. The second-order valence-electron chi connectivity index (χ2n) is 3.09. The highest BCUT2D eigenvalue weighted by molar-refractivity contribution is 5.79. The SMILES string of the molecule is O=c1cc[nH]c(=O)n1N=Cc1ccccc1. The van der Waals surface area contributed by atoms with Gasteiger partial charge < -0.3 is 4.98 Å². The van der Waals surface area contributed by atoms with E-state index >= 15 is 0 Å². The number of aromatic amines is 1. The summed E-state index contributed by atoms with van der Waals surface area (Å²) in [5.74, 6) is 0. The van der Waals surface area contributed by atoms with E-state index in [4.69, 9.17) is 0 Å². The average Bonchev–Trinajstić information content (AvgIpc) is 2.30. The molecule has 0 radical (unpaired) electrons. The van der Waals surface area contributed by atoms with Crippen LogP contribution in [0.5, 0.6) is 0 Å². The van der Waals surface area contributed by atoms with Crippen LogP contribution in [0.1, 0.15) is 5.56 Å². The molecule has 1 N–H and O–H groups in total. The molecule has 0 aliphatic heterocycles. The lowest BCUT2D eigenvalue weighted by molar-refractivity contribution is 0.754. The lowest BCUT2D eigenvalue weighted by Crippen LogP contribution is -2.30. The van der Waals surface area contributed by atoms with Crippen molar-refractivity contribution in [1.29, 1.82) is 0 Å². The van der Waals surface area contributed by atoms with Crippen molar-refractivity contribution in [3.05, 3.63) is 69.0 Å². The van der Waals surface area contributed by atoms with Crippen LogP contribution in [0.3, 0.4) is 0 Å². The highest BCUT2D eigenvalue weighted by atomic mass is 16.2. The molecule has 5 nitrogen and oxygen atoms in total. The van der Waals surface area contributed by atoms with E-state index in [2.05, 4.69) is 10.1 Å². The normalized spacial score (nSPS) is 10.8. The van der Waals surface area contributed by atoms with E-state index in [1.807, 2.05) is 30.3 Å². The lowest BCUT2D eigenvalue weighted by Gasteiger charge is -1.94. The molecule has 0 aliphatic rings. The zero-order chi connectivity index (χ0) is 11.4. The summed E-state index contributed by atoms with van der Waals surface area (Å²) in [4.78, 5) is 24.9. The lowest BCUT2D eigenvalue weighted by atomic mass is 10.2. The van der Waals surface area contributed by atoms with Crippen molar-refractivity contribution >= 4 is 6.21 Å². The summed E-state index contributed by atoms with van der Waals surface area (Å²) in [6.45, 7) is 0. The molecule has 0 unspecified atom stereocenters. The van der Waals surface area contributed by atoms with Gasteiger partial charge in [-0.25, -0.2) is 4.79 Å². The minimum absolute atomic E-state index is 0.462. The fourth-order valence-corrected chi connectivity index (χ4v) is 1.19. The number of H-pyrrole nitrogens is 1. The van der Waals surface area contributed by atoms with Crippen molar-refractivity contribution in [1.82, 2.24) is 9.66 Å². The Morgan fingerprint density at radius 2 is 1.88 bits per heavy atom. The molecule has 1 aromatic carbocycles. The smallest absolute Gasteiger partial charge is 0.312 e. The molecule has 16 heavy (non-hydrogen) atoms. The maximum Gasteiger partial charge on any atom is 0.349 e. The first-order chi connectivity index (χ1) is 7.77. The van der Waals surface area contributed by atoms with E-state index in [-0.39, 0.29) is 0 Å². The molecule has 2 aromatic rings. The molecule has 1 heterocycles. The fraction of sp³-hybridized carbons (Fsp3) is 0. The van der Waals surface area contributed by atoms with E-state index in [0.717, 1.165) is 10.2 Å². The van der Waals surface area contributed by atoms with Gasteiger partial charge in [-0.15, -0.1) is 4.68 Å². The van der Waals surface area contributed by atoms with Gasteiger partial charge in [-0.2, -0.15) is 5.10 Å². The Kier molecular flexibility index (Phi) is 2.77. The van der Waals surface area contributed by atoms with Gasteiger partial charge in [0.25, 0.3) is 5.56 Å². The first-order valence-corrected chi connectivity index (χ1v) is 4.67. The quantitative estimate of drug-likeness (QED) is 0.737. The monoisotopic (exact) mass is 215 g/mol. The number of nitrogens with one attached hydrogen (secondary N) is 1. The second kappa shape index (κ2) is 4.39. The van der Waals surface area contributed by atoms with Gasteiger partial charge in [0.1, 0.15) is 0 Å². The molecular formula is C11H9N3O2. The highest BCUT2D eigenvalue weighted by Crippen LogP contribution is 1.93. The molecule has 0 aliphatic carbocycles. The minimum atomic E-state index is -0.556. The average molecular weight is 215 g/mol. The molecule has 1 aromatic heterocycles. The Morgan fingerprint density at radius 3 is 2.56 bits per heavy atom. The first kappa shape index (κ1) is 10.1. The van der Waals surface area contributed by atoms with Gasteiger partial charge >= 0.3 is 5.69 Å².